The summed E-state index contributed by atoms with van der Waals surface area (Å²) in [5.74, 6) is -0.236. The summed E-state index contributed by atoms with van der Waals surface area (Å²) in [6, 6.07) is 7.22. The average Bonchev–Trinajstić information content (AvgIpc) is 2.66. The summed E-state index contributed by atoms with van der Waals surface area (Å²) >= 11 is 11.7. The van der Waals surface area contributed by atoms with Gasteiger partial charge in [-0.1, -0.05) is 41.4 Å². The fourth-order valence-corrected chi connectivity index (χ4v) is 1.96. The maximum absolute atomic E-state index is 11.9. The Morgan fingerprint density at radius 3 is 2.78 bits per heavy atom. The fourth-order valence-electron chi connectivity index (χ4n) is 1.49. The monoisotopic (exact) mass is 280 g/mol. The third kappa shape index (κ3) is 3.00. The molecule has 0 aliphatic heterocycles. The molecule has 1 aromatic heterocycles. The lowest BCUT2D eigenvalue weighted by atomic mass is 10.2. The first-order chi connectivity index (χ1) is 8.56. The highest BCUT2D eigenvalue weighted by Gasteiger charge is 2.11. The van der Waals surface area contributed by atoms with Crippen LogP contribution in [-0.2, 0) is 7.05 Å². The summed E-state index contributed by atoms with van der Waals surface area (Å²) in [6.45, 7) is 0. The lowest BCUT2D eigenvalue weighted by molar-refractivity contribution is 0.104. The van der Waals surface area contributed by atoms with E-state index in [9.17, 15) is 4.79 Å². The SMILES string of the molecule is Cn1cc(Cl)c(C(=O)/C=C/c2cccc(Cl)c2)n1. The van der Waals surface area contributed by atoms with Gasteiger partial charge in [0.1, 0.15) is 0 Å². The Hall–Kier alpha value is -1.58. The quantitative estimate of drug-likeness (QED) is 0.636. The van der Waals surface area contributed by atoms with Crippen molar-refractivity contribution in [2.45, 2.75) is 0 Å². The normalized spacial score (nSPS) is 11.1. The van der Waals surface area contributed by atoms with E-state index in [1.54, 1.807) is 31.5 Å². The van der Waals surface area contributed by atoms with Gasteiger partial charge in [0, 0.05) is 18.3 Å². The Balaban J connectivity index is 2.19. The zero-order valence-electron chi connectivity index (χ0n) is 9.60. The number of hydrogen-bond acceptors (Lipinski definition) is 2. The van der Waals surface area contributed by atoms with Crippen molar-refractivity contribution in [3.8, 4) is 0 Å². The predicted octanol–water partition coefficient (Wildman–Crippen LogP) is 3.62. The number of allylic oxidation sites excluding steroid dienone is 1. The number of halogens is 2. The Kier molecular flexibility index (Phi) is 3.84. The van der Waals surface area contributed by atoms with Crippen molar-refractivity contribution >= 4 is 35.1 Å². The number of aromatic nitrogens is 2. The van der Waals surface area contributed by atoms with E-state index in [-0.39, 0.29) is 11.5 Å². The Morgan fingerprint density at radius 2 is 2.17 bits per heavy atom. The molecule has 0 saturated carbocycles. The van der Waals surface area contributed by atoms with Gasteiger partial charge in [-0.2, -0.15) is 5.10 Å². The molecule has 1 aromatic carbocycles. The molecule has 1 heterocycles. The van der Waals surface area contributed by atoms with E-state index in [0.29, 0.717) is 10.0 Å². The number of rotatable bonds is 3. The van der Waals surface area contributed by atoms with Crippen LogP contribution in [0.4, 0.5) is 0 Å². The van der Waals surface area contributed by atoms with Crippen LogP contribution in [0.5, 0.6) is 0 Å². The molecule has 0 saturated heterocycles. The van der Waals surface area contributed by atoms with Crippen LogP contribution in [0.3, 0.4) is 0 Å². The molecule has 0 atom stereocenters. The highest BCUT2D eigenvalue weighted by atomic mass is 35.5. The van der Waals surface area contributed by atoms with Crippen molar-refractivity contribution in [2.24, 2.45) is 7.05 Å². The zero-order chi connectivity index (χ0) is 13.1. The topological polar surface area (TPSA) is 34.9 Å². The second-order valence-corrected chi connectivity index (χ2v) is 4.60. The molecule has 0 spiro atoms. The van der Waals surface area contributed by atoms with E-state index < -0.39 is 0 Å². The first-order valence-electron chi connectivity index (χ1n) is 5.23. The molecule has 2 rings (SSSR count). The molecule has 0 aliphatic rings. The van der Waals surface area contributed by atoms with Crippen LogP contribution in [-0.4, -0.2) is 15.6 Å². The smallest absolute Gasteiger partial charge is 0.207 e. The lowest BCUT2D eigenvalue weighted by Crippen LogP contribution is -1.98. The summed E-state index contributed by atoms with van der Waals surface area (Å²) < 4.78 is 1.50. The van der Waals surface area contributed by atoms with Crippen LogP contribution in [0.15, 0.2) is 36.5 Å². The number of nitrogens with zero attached hydrogens (tertiary/aromatic N) is 2. The van der Waals surface area contributed by atoms with Crippen LogP contribution in [0.25, 0.3) is 6.08 Å². The molecule has 0 unspecified atom stereocenters. The number of carbonyl (C=O) groups is 1. The largest absolute Gasteiger partial charge is 0.287 e. The minimum atomic E-state index is -0.236. The van der Waals surface area contributed by atoms with Crippen molar-refractivity contribution < 1.29 is 4.79 Å². The van der Waals surface area contributed by atoms with E-state index in [1.165, 1.54) is 10.8 Å². The van der Waals surface area contributed by atoms with Crippen LogP contribution in [0.1, 0.15) is 16.1 Å². The van der Waals surface area contributed by atoms with Crippen molar-refractivity contribution in [1.29, 1.82) is 0 Å². The van der Waals surface area contributed by atoms with Crippen LogP contribution in [0.2, 0.25) is 10.0 Å². The van der Waals surface area contributed by atoms with Gasteiger partial charge in [-0.15, -0.1) is 0 Å². The minimum absolute atomic E-state index is 0.236. The average molecular weight is 281 g/mol. The van der Waals surface area contributed by atoms with Gasteiger partial charge < -0.3 is 0 Å². The Labute approximate surface area is 115 Å². The van der Waals surface area contributed by atoms with Gasteiger partial charge >= 0.3 is 0 Å². The molecule has 18 heavy (non-hydrogen) atoms. The maximum Gasteiger partial charge on any atom is 0.207 e. The molecule has 2 aromatic rings. The molecule has 0 fully saturated rings. The van der Waals surface area contributed by atoms with Crippen molar-refractivity contribution in [3.05, 3.63) is 57.8 Å². The lowest BCUT2D eigenvalue weighted by Gasteiger charge is -1.94. The van der Waals surface area contributed by atoms with Gasteiger partial charge in [0.05, 0.1) is 5.02 Å². The van der Waals surface area contributed by atoms with E-state index in [4.69, 9.17) is 23.2 Å². The number of benzene rings is 1. The van der Waals surface area contributed by atoms with E-state index in [0.717, 1.165) is 5.56 Å². The third-order valence-corrected chi connectivity index (χ3v) is 2.81. The van der Waals surface area contributed by atoms with Crippen molar-refractivity contribution in [3.63, 3.8) is 0 Å². The zero-order valence-corrected chi connectivity index (χ0v) is 11.1. The number of aryl methyl sites for hydroxylation is 1. The first-order valence-corrected chi connectivity index (χ1v) is 5.99. The molecule has 0 bridgehead atoms. The summed E-state index contributed by atoms with van der Waals surface area (Å²) in [4.78, 5) is 11.9. The Morgan fingerprint density at radius 1 is 1.39 bits per heavy atom. The molecular formula is C13H10Cl2N2O. The van der Waals surface area contributed by atoms with Gasteiger partial charge in [-0.3, -0.25) is 9.48 Å². The molecule has 0 radical (unpaired) electrons. The van der Waals surface area contributed by atoms with E-state index >= 15 is 0 Å². The summed E-state index contributed by atoms with van der Waals surface area (Å²) in [7, 11) is 1.71. The van der Waals surface area contributed by atoms with Crippen molar-refractivity contribution in [2.75, 3.05) is 0 Å². The second kappa shape index (κ2) is 5.38. The minimum Gasteiger partial charge on any atom is -0.287 e. The molecule has 0 amide bonds. The maximum atomic E-state index is 11.9. The van der Waals surface area contributed by atoms with Gasteiger partial charge in [0.2, 0.25) is 5.78 Å². The fraction of sp³-hybridized carbons (Fsp3) is 0.0769. The number of carbonyl (C=O) groups excluding carboxylic acids is 1. The van der Waals surface area contributed by atoms with Crippen LogP contribution >= 0.6 is 23.2 Å². The van der Waals surface area contributed by atoms with Gasteiger partial charge in [0.25, 0.3) is 0 Å². The third-order valence-electron chi connectivity index (χ3n) is 2.29. The van der Waals surface area contributed by atoms with Crippen molar-refractivity contribution in [1.82, 2.24) is 9.78 Å². The molecular weight excluding hydrogens is 271 g/mol. The standard InChI is InChI=1S/C13H10Cl2N2O/c1-17-8-11(15)13(16-17)12(18)6-5-9-3-2-4-10(14)7-9/h2-8H,1H3/b6-5+. The van der Waals surface area contributed by atoms with Crippen LogP contribution < -0.4 is 0 Å². The molecule has 92 valence electrons. The molecule has 5 heteroatoms. The van der Waals surface area contributed by atoms with Gasteiger partial charge in [-0.05, 0) is 23.8 Å². The number of hydrogen-bond donors (Lipinski definition) is 0. The van der Waals surface area contributed by atoms with Crippen LogP contribution in [0, 0.1) is 0 Å². The predicted molar refractivity (Wildman–Crippen MR) is 73.0 cm³/mol. The highest BCUT2D eigenvalue weighted by molar-refractivity contribution is 6.34. The summed E-state index contributed by atoms with van der Waals surface area (Å²) in [5, 5.41) is 4.97. The Bertz CT molecular complexity index is 617. The highest BCUT2D eigenvalue weighted by Crippen LogP contribution is 2.16. The summed E-state index contributed by atoms with van der Waals surface area (Å²) in [6.07, 6.45) is 4.70. The molecule has 3 nitrogen and oxygen atoms in total. The summed E-state index contributed by atoms with van der Waals surface area (Å²) in [5.41, 5.74) is 1.10. The number of ketones is 1. The second-order valence-electron chi connectivity index (χ2n) is 3.75. The van der Waals surface area contributed by atoms with Gasteiger partial charge in [0.15, 0.2) is 5.69 Å². The molecule has 0 aliphatic carbocycles. The van der Waals surface area contributed by atoms with Gasteiger partial charge in [-0.25, -0.2) is 0 Å². The van der Waals surface area contributed by atoms with E-state index in [2.05, 4.69) is 5.10 Å². The molecule has 0 N–H and O–H groups in total. The van der Waals surface area contributed by atoms with E-state index in [1.807, 2.05) is 12.1 Å². The first kappa shape index (κ1) is 12.9.